The quantitative estimate of drug-likeness (QED) is 0.859. The lowest BCUT2D eigenvalue weighted by Gasteiger charge is -2.23. The standard InChI is InChI=1S/C13H14N2O4S/c16-12(17)10-6-20-7-15(10)13(18)14-9-5-19-11-4-2-1-3-8(9)11/h1-4,9-10H,5-7H2,(H,14,18)(H,16,17)/t9?,10-/m0/s1. The highest BCUT2D eigenvalue weighted by Crippen LogP contribution is 2.32. The number of fused-ring (bicyclic) bond motifs is 1. The molecule has 1 saturated heterocycles. The Labute approximate surface area is 120 Å². The van der Waals surface area contributed by atoms with Gasteiger partial charge < -0.3 is 20.1 Å². The average Bonchev–Trinajstić information content (AvgIpc) is 3.06. The van der Waals surface area contributed by atoms with Crippen LogP contribution in [-0.2, 0) is 4.79 Å². The van der Waals surface area contributed by atoms with Crippen molar-refractivity contribution in [3.8, 4) is 5.75 Å². The molecular weight excluding hydrogens is 280 g/mol. The van der Waals surface area contributed by atoms with Crippen molar-refractivity contribution in [1.29, 1.82) is 0 Å². The van der Waals surface area contributed by atoms with Crippen LogP contribution in [0.25, 0.3) is 0 Å². The number of carbonyl (C=O) groups excluding carboxylic acids is 1. The fraction of sp³-hybridized carbons (Fsp3) is 0.385. The highest BCUT2D eigenvalue weighted by atomic mass is 32.2. The highest BCUT2D eigenvalue weighted by molar-refractivity contribution is 7.99. The van der Waals surface area contributed by atoms with E-state index in [0.717, 1.165) is 11.3 Å². The van der Waals surface area contributed by atoms with Crippen molar-refractivity contribution in [2.24, 2.45) is 0 Å². The molecule has 7 heteroatoms. The van der Waals surface area contributed by atoms with Crippen molar-refractivity contribution in [2.75, 3.05) is 18.2 Å². The summed E-state index contributed by atoms with van der Waals surface area (Å²) in [6.07, 6.45) is 0. The number of carbonyl (C=O) groups is 2. The van der Waals surface area contributed by atoms with Crippen LogP contribution in [0.4, 0.5) is 4.79 Å². The summed E-state index contributed by atoms with van der Waals surface area (Å²) < 4.78 is 5.49. The molecule has 1 aromatic rings. The van der Waals surface area contributed by atoms with E-state index < -0.39 is 12.0 Å². The van der Waals surface area contributed by atoms with Crippen LogP contribution >= 0.6 is 11.8 Å². The van der Waals surface area contributed by atoms with Gasteiger partial charge in [-0.3, -0.25) is 0 Å². The second kappa shape index (κ2) is 5.24. The van der Waals surface area contributed by atoms with Crippen LogP contribution in [0.2, 0.25) is 0 Å². The third kappa shape index (κ3) is 2.29. The molecule has 0 saturated carbocycles. The minimum absolute atomic E-state index is 0.223. The Hall–Kier alpha value is -1.89. The average molecular weight is 294 g/mol. The topological polar surface area (TPSA) is 78.9 Å². The Morgan fingerprint density at radius 3 is 3.00 bits per heavy atom. The zero-order valence-corrected chi connectivity index (χ0v) is 11.4. The van der Waals surface area contributed by atoms with E-state index in [0.29, 0.717) is 18.2 Å². The molecule has 20 heavy (non-hydrogen) atoms. The number of rotatable bonds is 2. The summed E-state index contributed by atoms with van der Waals surface area (Å²) in [5, 5.41) is 11.9. The highest BCUT2D eigenvalue weighted by Gasteiger charge is 2.36. The summed E-state index contributed by atoms with van der Waals surface area (Å²) >= 11 is 1.44. The van der Waals surface area contributed by atoms with Crippen LogP contribution in [0.5, 0.6) is 5.75 Å². The van der Waals surface area contributed by atoms with Gasteiger partial charge in [-0.1, -0.05) is 18.2 Å². The van der Waals surface area contributed by atoms with E-state index in [1.54, 1.807) is 0 Å². The van der Waals surface area contributed by atoms with Gasteiger partial charge in [0.1, 0.15) is 18.4 Å². The molecule has 3 rings (SSSR count). The predicted octanol–water partition coefficient (Wildman–Crippen LogP) is 1.29. The van der Waals surface area contributed by atoms with Gasteiger partial charge >= 0.3 is 12.0 Å². The van der Waals surface area contributed by atoms with Crippen LogP contribution < -0.4 is 10.1 Å². The number of amides is 2. The predicted molar refractivity (Wildman–Crippen MR) is 73.8 cm³/mol. The Morgan fingerprint density at radius 1 is 1.40 bits per heavy atom. The molecule has 1 fully saturated rings. The van der Waals surface area contributed by atoms with E-state index in [4.69, 9.17) is 9.84 Å². The van der Waals surface area contributed by atoms with Crippen LogP contribution in [0.1, 0.15) is 11.6 Å². The lowest BCUT2D eigenvalue weighted by molar-refractivity contribution is -0.140. The lowest BCUT2D eigenvalue weighted by Crippen LogP contribution is -2.48. The summed E-state index contributed by atoms with van der Waals surface area (Å²) in [6.45, 7) is 0.379. The number of thioether (sulfide) groups is 1. The number of para-hydroxylation sites is 1. The monoisotopic (exact) mass is 294 g/mol. The van der Waals surface area contributed by atoms with Gasteiger partial charge in [0.15, 0.2) is 0 Å². The normalized spacial score (nSPS) is 24.1. The Balaban J connectivity index is 1.70. The number of carboxylic acids is 1. The first-order valence-corrected chi connectivity index (χ1v) is 7.41. The van der Waals surface area contributed by atoms with Gasteiger partial charge in [0.2, 0.25) is 0 Å². The number of hydrogen-bond acceptors (Lipinski definition) is 4. The van der Waals surface area contributed by atoms with E-state index >= 15 is 0 Å². The Kier molecular flexibility index (Phi) is 3.43. The maximum absolute atomic E-state index is 12.2. The molecule has 0 bridgehead atoms. The lowest BCUT2D eigenvalue weighted by atomic mass is 10.1. The van der Waals surface area contributed by atoms with Crippen molar-refractivity contribution < 1.29 is 19.4 Å². The minimum Gasteiger partial charge on any atom is -0.491 e. The number of carboxylic acid groups (broad SMARTS) is 1. The molecule has 0 aliphatic carbocycles. The molecule has 1 unspecified atom stereocenters. The number of ether oxygens (including phenoxy) is 1. The van der Waals surface area contributed by atoms with Crippen LogP contribution in [-0.4, -0.2) is 46.3 Å². The van der Waals surface area contributed by atoms with Crippen molar-refractivity contribution in [3.05, 3.63) is 29.8 Å². The zero-order valence-electron chi connectivity index (χ0n) is 10.6. The number of aliphatic carboxylic acids is 1. The summed E-state index contributed by atoms with van der Waals surface area (Å²) in [4.78, 5) is 24.7. The minimum atomic E-state index is -0.965. The van der Waals surface area contributed by atoms with E-state index in [-0.39, 0.29) is 12.1 Å². The van der Waals surface area contributed by atoms with Gasteiger partial charge in [0.05, 0.1) is 11.9 Å². The van der Waals surface area contributed by atoms with Gasteiger partial charge in [0, 0.05) is 11.3 Å². The maximum atomic E-state index is 12.2. The molecule has 2 aliphatic rings. The second-order valence-electron chi connectivity index (χ2n) is 4.67. The molecule has 0 aromatic heterocycles. The second-order valence-corrected chi connectivity index (χ2v) is 5.67. The van der Waals surface area contributed by atoms with Gasteiger partial charge in [0.25, 0.3) is 0 Å². The van der Waals surface area contributed by atoms with Gasteiger partial charge in [-0.05, 0) is 6.07 Å². The molecule has 0 radical (unpaired) electrons. The fourth-order valence-corrected chi connectivity index (χ4v) is 3.51. The van der Waals surface area contributed by atoms with Gasteiger partial charge in [-0.2, -0.15) is 0 Å². The van der Waals surface area contributed by atoms with Crippen molar-refractivity contribution >= 4 is 23.8 Å². The molecular formula is C13H14N2O4S. The molecule has 2 N–H and O–H groups in total. The number of hydrogen-bond donors (Lipinski definition) is 2. The molecule has 106 valence electrons. The van der Waals surface area contributed by atoms with Gasteiger partial charge in [-0.25, -0.2) is 9.59 Å². The largest absolute Gasteiger partial charge is 0.491 e. The van der Waals surface area contributed by atoms with Crippen molar-refractivity contribution in [2.45, 2.75) is 12.1 Å². The summed E-state index contributed by atoms with van der Waals surface area (Å²) in [5.41, 5.74) is 0.930. The molecule has 2 aliphatic heterocycles. The van der Waals surface area contributed by atoms with Crippen molar-refractivity contribution in [1.82, 2.24) is 10.2 Å². The number of nitrogens with one attached hydrogen (secondary N) is 1. The summed E-state index contributed by atoms with van der Waals surface area (Å²) in [7, 11) is 0. The van der Waals surface area contributed by atoms with E-state index in [9.17, 15) is 9.59 Å². The summed E-state index contributed by atoms with van der Waals surface area (Å²) in [5.74, 6) is 0.634. The third-order valence-electron chi connectivity index (χ3n) is 3.43. The zero-order chi connectivity index (χ0) is 14.1. The molecule has 2 amide bonds. The smallest absolute Gasteiger partial charge is 0.327 e. The molecule has 2 heterocycles. The molecule has 6 nitrogen and oxygen atoms in total. The number of nitrogens with zero attached hydrogens (tertiary/aromatic N) is 1. The van der Waals surface area contributed by atoms with E-state index in [1.165, 1.54) is 16.7 Å². The summed E-state index contributed by atoms with van der Waals surface area (Å²) in [6, 6.07) is 6.19. The van der Waals surface area contributed by atoms with Crippen LogP contribution in [0, 0.1) is 0 Å². The van der Waals surface area contributed by atoms with Gasteiger partial charge in [-0.15, -0.1) is 11.8 Å². The Morgan fingerprint density at radius 2 is 2.20 bits per heavy atom. The first kappa shape index (κ1) is 13.1. The molecule has 2 atom stereocenters. The molecule has 0 spiro atoms. The SMILES string of the molecule is O=C(O)[C@@H]1CSCN1C(=O)NC1COc2ccccc21. The van der Waals surface area contributed by atoms with Crippen molar-refractivity contribution in [3.63, 3.8) is 0 Å². The Bertz CT molecular complexity index is 551. The van der Waals surface area contributed by atoms with Crippen LogP contribution in [0.15, 0.2) is 24.3 Å². The van der Waals surface area contributed by atoms with Crippen LogP contribution in [0.3, 0.4) is 0 Å². The number of urea groups is 1. The van der Waals surface area contributed by atoms with E-state index in [1.807, 2.05) is 24.3 Å². The number of benzene rings is 1. The molecule has 1 aromatic carbocycles. The first-order valence-electron chi connectivity index (χ1n) is 6.26. The fourth-order valence-electron chi connectivity index (χ4n) is 2.36. The van der Waals surface area contributed by atoms with E-state index in [2.05, 4.69) is 5.32 Å². The first-order chi connectivity index (χ1) is 9.66. The maximum Gasteiger partial charge on any atom is 0.327 e. The third-order valence-corrected chi connectivity index (χ3v) is 4.44.